The number of aliphatic hydroxyl groups excluding tert-OH is 2. The molecule has 1 aromatic carbocycles. The Kier molecular flexibility index (Phi) is 7.97. The molecule has 0 aliphatic rings. The SMILES string of the molecule is C[C@@H](O)[C@H](NC(=O)[C@H](CO)NC(=O)[C@@H](N)Cc1ccc(O)cc1)C(=O)O. The lowest BCUT2D eigenvalue weighted by Crippen LogP contribution is -2.57. The lowest BCUT2D eigenvalue weighted by atomic mass is 10.1. The van der Waals surface area contributed by atoms with Gasteiger partial charge in [0.05, 0.1) is 18.8 Å². The molecule has 0 spiro atoms. The van der Waals surface area contributed by atoms with E-state index in [4.69, 9.17) is 10.8 Å². The van der Waals surface area contributed by atoms with Crippen molar-refractivity contribution in [2.75, 3.05) is 6.61 Å². The number of carboxylic acids is 1. The minimum atomic E-state index is -1.58. The second kappa shape index (κ2) is 9.70. The van der Waals surface area contributed by atoms with Crippen LogP contribution in [0.4, 0.5) is 0 Å². The number of rotatable bonds is 9. The molecule has 1 rings (SSSR count). The molecular weight excluding hydrogens is 346 g/mol. The standard InChI is InChI=1S/C16H23N3O7/c1-8(21)13(16(25)26)19-15(24)12(7-20)18-14(23)11(17)6-9-2-4-10(22)5-3-9/h2-5,8,11-13,20-22H,6-7,17H2,1H3,(H,18,23)(H,19,24)(H,25,26)/t8-,11+,12+,13+/m1/s1. The Morgan fingerprint density at radius 1 is 1.12 bits per heavy atom. The highest BCUT2D eigenvalue weighted by Crippen LogP contribution is 2.11. The Labute approximate surface area is 149 Å². The zero-order chi connectivity index (χ0) is 19.9. The fraction of sp³-hybridized carbons (Fsp3) is 0.438. The summed E-state index contributed by atoms with van der Waals surface area (Å²) >= 11 is 0. The zero-order valence-electron chi connectivity index (χ0n) is 14.1. The Bertz CT molecular complexity index is 633. The number of nitrogens with one attached hydrogen (secondary N) is 2. The topological polar surface area (TPSA) is 182 Å². The number of aromatic hydroxyl groups is 1. The van der Waals surface area contributed by atoms with E-state index in [1.165, 1.54) is 19.1 Å². The molecule has 0 fully saturated rings. The summed E-state index contributed by atoms with van der Waals surface area (Å²) in [6, 6.07) is 2.00. The third-order valence-electron chi connectivity index (χ3n) is 3.59. The number of phenolic OH excluding ortho intramolecular Hbond substituents is 1. The summed E-state index contributed by atoms with van der Waals surface area (Å²) < 4.78 is 0. The number of carboxylic acid groups (broad SMARTS) is 1. The fourth-order valence-corrected chi connectivity index (χ4v) is 2.09. The molecule has 26 heavy (non-hydrogen) atoms. The minimum absolute atomic E-state index is 0.0647. The number of amides is 2. The smallest absolute Gasteiger partial charge is 0.328 e. The predicted octanol–water partition coefficient (Wildman–Crippen LogP) is -2.31. The van der Waals surface area contributed by atoms with E-state index in [-0.39, 0.29) is 12.2 Å². The highest BCUT2D eigenvalue weighted by atomic mass is 16.4. The number of carbonyl (C=O) groups excluding carboxylic acids is 2. The Balaban J connectivity index is 2.67. The van der Waals surface area contributed by atoms with Crippen LogP contribution in [0.15, 0.2) is 24.3 Å². The van der Waals surface area contributed by atoms with E-state index in [0.29, 0.717) is 5.56 Å². The summed E-state index contributed by atoms with van der Waals surface area (Å²) in [6.07, 6.45) is -1.25. The van der Waals surface area contributed by atoms with Gasteiger partial charge in [-0.25, -0.2) is 4.79 Å². The quantitative estimate of drug-likeness (QED) is 0.253. The van der Waals surface area contributed by atoms with E-state index in [1.54, 1.807) is 12.1 Å². The van der Waals surface area contributed by atoms with Crippen LogP contribution in [0.25, 0.3) is 0 Å². The van der Waals surface area contributed by atoms with Gasteiger partial charge in [-0.05, 0) is 31.0 Å². The van der Waals surface area contributed by atoms with Gasteiger partial charge in [0.25, 0.3) is 0 Å². The molecule has 0 aromatic heterocycles. The van der Waals surface area contributed by atoms with Gasteiger partial charge in [-0.2, -0.15) is 0 Å². The molecule has 0 radical (unpaired) electrons. The number of hydrogen-bond donors (Lipinski definition) is 7. The molecule has 0 aliphatic heterocycles. The molecular formula is C16H23N3O7. The first-order valence-corrected chi connectivity index (χ1v) is 7.81. The van der Waals surface area contributed by atoms with Gasteiger partial charge in [-0.1, -0.05) is 12.1 Å². The van der Waals surface area contributed by atoms with Crippen molar-refractivity contribution in [1.29, 1.82) is 0 Å². The molecule has 0 unspecified atom stereocenters. The minimum Gasteiger partial charge on any atom is -0.508 e. The molecule has 1 aromatic rings. The van der Waals surface area contributed by atoms with Gasteiger partial charge in [0.2, 0.25) is 11.8 Å². The number of aliphatic carboxylic acids is 1. The molecule has 4 atom stereocenters. The largest absolute Gasteiger partial charge is 0.508 e. The van der Waals surface area contributed by atoms with Crippen LogP contribution in [0.1, 0.15) is 12.5 Å². The number of phenols is 1. The first-order valence-electron chi connectivity index (χ1n) is 7.81. The Hall–Kier alpha value is -2.69. The highest BCUT2D eigenvalue weighted by Gasteiger charge is 2.30. The van der Waals surface area contributed by atoms with Crippen LogP contribution in [-0.4, -0.2) is 69.0 Å². The molecule has 10 nitrogen and oxygen atoms in total. The fourth-order valence-electron chi connectivity index (χ4n) is 2.09. The summed E-state index contributed by atoms with van der Waals surface area (Å²) in [5.74, 6) is -3.09. The Morgan fingerprint density at radius 2 is 1.69 bits per heavy atom. The van der Waals surface area contributed by atoms with Crippen molar-refractivity contribution in [2.24, 2.45) is 5.73 Å². The summed E-state index contributed by atoms with van der Waals surface area (Å²) in [4.78, 5) is 35.1. The average molecular weight is 369 g/mol. The number of aliphatic hydroxyl groups is 2. The number of hydrogen-bond acceptors (Lipinski definition) is 7. The molecule has 0 saturated heterocycles. The van der Waals surface area contributed by atoms with Crippen molar-refractivity contribution < 1.29 is 34.8 Å². The maximum Gasteiger partial charge on any atom is 0.328 e. The maximum absolute atomic E-state index is 12.1. The van der Waals surface area contributed by atoms with E-state index < -0.39 is 48.6 Å². The van der Waals surface area contributed by atoms with Gasteiger partial charge in [-0.3, -0.25) is 9.59 Å². The Morgan fingerprint density at radius 3 is 2.15 bits per heavy atom. The summed E-state index contributed by atoms with van der Waals surface area (Å²) in [5.41, 5.74) is 6.44. The van der Waals surface area contributed by atoms with Gasteiger partial charge < -0.3 is 36.8 Å². The lowest BCUT2D eigenvalue weighted by molar-refractivity contribution is -0.145. The third kappa shape index (κ3) is 6.31. The summed E-state index contributed by atoms with van der Waals surface area (Å²) in [5, 5.41) is 41.1. The summed E-state index contributed by atoms with van der Waals surface area (Å²) in [6.45, 7) is 0.398. The molecule has 8 N–H and O–H groups in total. The van der Waals surface area contributed by atoms with Gasteiger partial charge in [-0.15, -0.1) is 0 Å². The molecule has 10 heteroatoms. The molecule has 144 valence electrons. The van der Waals surface area contributed by atoms with E-state index in [2.05, 4.69) is 5.32 Å². The first-order chi connectivity index (χ1) is 12.1. The van der Waals surface area contributed by atoms with Crippen LogP contribution in [0.2, 0.25) is 0 Å². The monoisotopic (exact) mass is 369 g/mol. The maximum atomic E-state index is 12.1. The van der Waals surface area contributed by atoms with Crippen LogP contribution in [0, 0.1) is 0 Å². The van der Waals surface area contributed by atoms with Gasteiger partial charge in [0, 0.05) is 0 Å². The van der Waals surface area contributed by atoms with E-state index >= 15 is 0 Å². The summed E-state index contributed by atoms with van der Waals surface area (Å²) in [7, 11) is 0. The third-order valence-corrected chi connectivity index (χ3v) is 3.59. The second-order valence-corrected chi connectivity index (χ2v) is 5.79. The van der Waals surface area contributed by atoms with Crippen LogP contribution in [-0.2, 0) is 20.8 Å². The second-order valence-electron chi connectivity index (χ2n) is 5.79. The number of carbonyl (C=O) groups is 3. The molecule has 0 saturated carbocycles. The van der Waals surface area contributed by atoms with Crippen molar-refractivity contribution in [3.8, 4) is 5.75 Å². The van der Waals surface area contributed by atoms with Gasteiger partial charge in [0.1, 0.15) is 11.8 Å². The van der Waals surface area contributed by atoms with Crippen LogP contribution >= 0.6 is 0 Å². The normalized spacial score (nSPS) is 15.4. The van der Waals surface area contributed by atoms with Crippen molar-refractivity contribution in [3.63, 3.8) is 0 Å². The van der Waals surface area contributed by atoms with Crippen LogP contribution < -0.4 is 16.4 Å². The van der Waals surface area contributed by atoms with Crippen molar-refractivity contribution >= 4 is 17.8 Å². The van der Waals surface area contributed by atoms with E-state index in [1.807, 2.05) is 5.32 Å². The van der Waals surface area contributed by atoms with Gasteiger partial charge in [0.15, 0.2) is 6.04 Å². The highest BCUT2D eigenvalue weighted by molar-refractivity contribution is 5.92. The number of nitrogens with two attached hydrogens (primary N) is 1. The lowest BCUT2D eigenvalue weighted by Gasteiger charge is -2.22. The molecule has 0 heterocycles. The van der Waals surface area contributed by atoms with Crippen molar-refractivity contribution in [3.05, 3.63) is 29.8 Å². The first kappa shape index (κ1) is 21.4. The van der Waals surface area contributed by atoms with Crippen LogP contribution in [0.5, 0.6) is 5.75 Å². The van der Waals surface area contributed by atoms with Gasteiger partial charge >= 0.3 is 5.97 Å². The van der Waals surface area contributed by atoms with Crippen LogP contribution in [0.3, 0.4) is 0 Å². The average Bonchev–Trinajstić information content (AvgIpc) is 2.58. The predicted molar refractivity (Wildman–Crippen MR) is 90.1 cm³/mol. The zero-order valence-corrected chi connectivity index (χ0v) is 14.1. The number of benzene rings is 1. The molecule has 0 bridgehead atoms. The van der Waals surface area contributed by atoms with E-state index in [9.17, 15) is 29.7 Å². The molecule has 2 amide bonds. The van der Waals surface area contributed by atoms with Crippen molar-refractivity contribution in [2.45, 2.75) is 37.6 Å². The van der Waals surface area contributed by atoms with Crippen molar-refractivity contribution in [1.82, 2.24) is 10.6 Å². The molecule has 0 aliphatic carbocycles. The van der Waals surface area contributed by atoms with E-state index in [0.717, 1.165) is 0 Å².